The molecule has 0 saturated heterocycles. The minimum Gasteiger partial charge on any atom is -0.299 e. The second-order valence-electron chi connectivity index (χ2n) is 4.56. The Labute approximate surface area is 120 Å². The molecule has 1 fully saturated rings. The number of carbonyl (C=O) groups is 1. The van der Waals surface area contributed by atoms with E-state index in [0.29, 0.717) is 18.3 Å². The third kappa shape index (κ3) is 4.52. The first-order valence-electron chi connectivity index (χ1n) is 6.15. The zero-order valence-electron chi connectivity index (χ0n) is 10.4. The maximum atomic E-state index is 11.3. The van der Waals surface area contributed by atoms with Crippen LogP contribution in [0, 0.1) is 11.8 Å². The zero-order valence-corrected chi connectivity index (χ0v) is 13.6. The van der Waals surface area contributed by atoms with Gasteiger partial charge in [-0.15, -0.1) is 0 Å². The molecule has 2 atom stereocenters. The SMILES string of the molecule is CCCCCCC1C(CC(=O)OOC)C1(Br)Br. The summed E-state index contributed by atoms with van der Waals surface area (Å²) in [6.07, 6.45) is 6.61. The largest absolute Gasteiger partial charge is 0.342 e. The number of rotatable bonds is 8. The lowest BCUT2D eigenvalue weighted by atomic mass is 10.1. The van der Waals surface area contributed by atoms with Crippen molar-refractivity contribution in [3.63, 3.8) is 0 Å². The smallest absolute Gasteiger partial charge is 0.299 e. The summed E-state index contributed by atoms with van der Waals surface area (Å²) in [5.74, 6) is 0.535. The molecule has 0 heterocycles. The van der Waals surface area contributed by atoms with Gasteiger partial charge in [-0.05, 0) is 18.3 Å². The van der Waals surface area contributed by atoms with Gasteiger partial charge in [-0.3, -0.25) is 4.89 Å². The third-order valence-electron chi connectivity index (χ3n) is 3.30. The van der Waals surface area contributed by atoms with E-state index in [0.717, 1.165) is 6.42 Å². The Hall–Kier alpha value is 0.390. The van der Waals surface area contributed by atoms with E-state index in [1.54, 1.807) is 0 Å². The van der Waals surface area contributed by atoms with Gasteiger partial charge in [0.05, 0.1) is 16.8 Å². The number of hydrogen-bond donors (Lipinski definition) is 0. The minimum absolute atomic E-state index is 0.0705. The predicted molar refractivity (Wildman–Crippen MR) is 74.0 cm³/mol. The second-order valence-corrected chi connectivity index (χ2v) is 8.25. The monoisotopic (exact) mass is 370 g/mol. The fraction of sp³-hybridized carbons (Fsp3) is 0.917. The number of carbonyl (C=O) groups excluding carboxylic acids is 1. The highest BCUT2D eigenvalue weighted by Crippen LogP contribution is 2.65. The molecular weight excluding hydrogens is 352 g/mol. The van der Waals surface area contributed by atoms with Crippen LogP contribution in [0.2, 0.25) is 0 Å². The van der Waals surface area contributed by atoms with Gasteiger partial charge in [0.2, 0.25) is 0 Å². The highest BCUT2D eigenvalue weighted by atomic mass is 79.9. The summed E-state index contributed by atoms with van der Waals surface area (Å²) >= 11 is 7.27. The molecule has 0 bridgehead atoms. The molecule has 3 nitrogen and oxygen atoms in total. The molecule has 0 aromatic rings. The van der Waals surface area contributed by atoms with E-state index >= 15 is 0 Å². The van der Waals surface area contributed by atoms with Crippen LogP contribution in [-0.4, -0.2) is 16.3 Å². The van der Waals surface area contributed by atoms with E-state index in [1.165, 1.54) is 32.8 Å². The van der Waals surface area contributed by atoms with Gasteiger partial charge in [0.25, 0.3) is 0 Å². The highest BCUT2D eigenvalue weighted by molar-refractivity contribution is 9.25. The molecule has 0 radical (unpaired) electrons. The number of halogens is 2. The topological polar surface area (TPSA) is 35.5 Å². The maximum absolute atomic E-state index is 11.3. The standard InChI is InChI=1S/C12H20Br2O3/c1-3-4-5-6-7-9-10(12(9,13)14)8-11(15)17-16-2/h9-10H,3-8H2,1-2H3. The van der Waals surface area contributed by atoms with E-state index in [-0.39, 0.29) is 9.20 Å². The molecule has 0 aromatic carbocycles. The van der Waals surface area contributed by atoms with Crippen molar-refractivity contribution in [1.29, 1.82) is 0 Å². The van der Waals surface area contributed by atoms with Gasteiger partial charge in [-0.2, -0.15) is 4.89 Å². The van der Waals surface area contributed by atoms with Crippen LogP contribution in [0.15, 0.2) is 0 Å². The fourth-order valence-electron chi connectivity index (χ4n) is 2.23. The molecular formula is C12H20Br2O3. The van der Waals surface area contributed by atoms with E-state index in [4.69, 9.17) is 0 Å². The highest BCUT2D eigenvalue weighted by Gasteiger charge is 2.61. The van der Waals surface area contributed by atoms with Gasteiger partial charge in [0.1, 0.15) is 0 Å². The van der Waals surface area contributed by atoms with Crippen molar-refractivity contribution in [1.82, 2.24) is 0 Å². The van der Waals surface area contributed by atoms with Gasteiger partial charge < -0.3 is 0 Å². The second kappa shape index (κ2) is 7.10. The summed E-state index contributed by atoms with van der Waals surface area (Å²) in [6.45, 7) is 2.21. The number of hydrogen-bond acceptors (Lipinski definition) is 3. The lowest BCUT2D eigenvalue weighted by Gasteiger charge is -1.99. The predicted octanol–water partition coefficient (Wildman–Crippen LogP) is 4.18. The van der Waals surface area contributed by atoms with Crippen molar-refractivity contribution >= 4 is 37.8 Å². The van der Waals surface area contributed by atoms with E-state index in [9.17, 15) is 4.79 Å². The Morgan fingerprint density at radius 2 is 1.94 bits per heavy atom. The summed E-state index contributed by atoms with van der Waals surface area (Å²) in [7, 11) is 1.35. The van der Waals surface area contributed by atoms with Crippen LogP contribution in [0.1, 0.15) is 45.4 Å². The lowest BCUT2D eigenvalue weighted by molar-refractivity contribution is -0.255. The maximum Gasteiger partial charge on any atom is 0.342 e. The summed E-state index contributed by atoms with van der Waals surface area (Å²) in [6, 6.07) is 0. The molecule has 1 rings (SSSR count). The molecule has 17 heavy (non-hydrogen) atoms. The Kier molecular flexibility index (Phi) is 6.45. The van der Waals surface area contributed by atoms with Gasteiger partial charge in [0.15, 0.2) is 0 Å². The summed E-state index contributed by atoms with van der Waals surface area (Å²) in [5, 5.41) is 0. The molecule has 5 heteroatoms. The van der Waals surface area contributed by atoms with Crippen molar-refractivity contribution < 1.29 is 14.6 Å². The molecule has 0 spiro atoms. The van der Waals surface area contributed by atoms with Gasteiger partial charge in [-0.25, -0.2) is 4.79 Å². The average Bonchev–Trinajstić information content (AvgIpc) is 2.76. The van der Waals surface area contributed by atoms with E-state index in [1.807, 2.05) is 0 Å². The van der Waals surface area contributed by atoms with Crippen molar-refractivity contribution in [3.05, 3.63) is 0 Å². The lowest BCUT2D eigenvalue weighted by Crippen LogP contribution is -2.06. The van der Waals surface area contributed by atoms with E-state index in [2.05, 4.69) is 48.6 Å². The van der Waals surface area contributed by atoms with Crippen LogP contribution in [0.4, 0.5) is 0 Å². The number of unbranched alkanes of at least 4 members (excludes halogenated alkanes) is 3. The van der Waals surface area contributed by atoms with Gasteiger partial charge in [-0.1, -0.05) is 64.5 Å². The first kappa shape index (κ1) is 15.4. The Bertz CT molecular complexity index is 256. The van der Waals surface area contributed by atoms with Crippen LogP contribution in [0.5, 0.6) is 0 Å². The summed E-state index contributed by atoms with van der Waals surface area (Å²) in [4.78, 5) is 20.2. The van der Waals surface area contributed by atoms with Gasteiger partial charge >= 0.3 is 5.97 Å². The molecule has 1 aliphatic rings. The molecule has 100 valence electrons. The molecule has 0 N–H and O–H groups in total. The van der Waals surface area contributed by atoms with Crippen molar-refractivity contribution in [2.45, 2.75) is 48.7 Å². The first-order chi connectivity index (χ1) is 8.04. The molecule has 2 unspecified atom stereocenters. The molecule has 0 amide bonds. The molecule has 0 aliphatic heterocycles. The van der Waals surface area contributed by atoms with Crippen LogP contribution in [-0.2, 0) is 14.6 Å². The van der Waals surface area contributed by atoms with Crippen molar-refractivity contribution in [3.8, 4) is 0 Å². The van der Waals surface area contributed by atoms with Crippen LogP contribution in [0.3, 0.4) is 0 Å². The Morgan fingerprint density at radius 3 is 2.53 bits per heavy atom. The Morgan fingerprint density at radius 1 is 1.24 bits per heavy atom. The Balaban J connectivity index is 2.25. The average molecular weight is 372 g/mol. The number of alkyl halides is 2. The van der Waals surface area contributed by atoms with Crippen LogP contribution in [0.25, 0.3) is 0 Å². The molecule has 1 saturated carbocycles. The quantitative estimate of drug-likeness (QED) is 0.278. The van der Waals surface area contributed by atoms with Crippen molar-refractivity contribution in [2.75, 3.05) is 7.11 Å². The summed E-state index contributed by atoms with van der Waals surface area (Å²) in [5.41, 5.74) is 0. The fourth-order valence-corrected chi connectivity index (χ4v) is 4.02. The molecule has 0 aromatic heterocycles. The van der Waals surface area contributed by atoms with E-state index < -0.39 is 0 Å². The van der Waals surface area contributed by atoms with Gasteiger partial charge in [0, 0.05) is 0 Å². The zero-order chi connectivity index (χ0) is 12.9. The van der Waals surface area contributed by atoms with Crippen molar-refractivity contribution in [2.24, 2.45) is 11.8 Å². The van der Waals surface area contributed by atoms with Crippen LogP contribution < -0.4 is 0 Å². The first-order valence-corrected chi connectivity index (χ1v) is 7.73. The molecule has 1 aliphatic carbocycles. The minimum atomic E-state index is -0.295. The third-order valence-corrected chi connectivity index (χ3v) is 5.65. The van der Waals surface area contributed by atoms with Crippen LogP contribution >= 0.6 is 31.9 Å². The summed E-state index contributed by atoms with van der Waals surface area (Å²) < 4.78 is -0.0705. The normalized spacial score (nSPS) is 25.6.